The van der Waals surface area contributed by atoms with Gasteiger partial charge in [-0.05, 0) is 0 Å². The summed E-state index contributed by atoms with van der Waals surface area (Å²) in [6.07, 6.45) is 25.1. The zero-order chi connectivity index (χ0) is 23.3. The molecule has 2 aromatic rings. The number of hydrogen-bond donors (Lipinski definition) is 0. The summed E-state index contributed by atoms with van der Waals surface area (Å²) in [6.45, 7) is 4.44. The monoisotopic (exact) mass is 518 g/mol. The summed E-state index contributed by atoms with van der Waals surface area (Å²) < 4.78 is 0. The van der Waals surface area contributed by atoms with Gasteiger partial charge in [0.05, 0.1) is 0 Å². The van der Waals surface area contributed by atoms with E-state index in [0.29, 0.717) is 0 Å². The van der Waals surface area contributed by atoms with E-state index in [1.807, 2.05) is 12.1 Å². The van der Waals surface area contributed by atoms with Crippen LogP contribution in [-0.2, 0) is 26.2 Å². The van der Waals surface area contributed by atoms with Crippen LogP contribution in [0.3, 0.4) is 0 Å². The first-order valence-electron chi connectivity index (χ1n) is 11.6. The summed E-state index contributed by atoms with van der Waals surface area (Å²) in [7, 11) is 0. The molecule has 0 saturated heterocycles. The Balaban J connectivity index is 0.000000412. The molecule has 0 aliphatic heterocycles. The van der Waals surface area contributed by atoms with Gasteiger partial charge in [0, 0.05) is 0 Å². The Bertz CT molecular complexity index is 749. The van der Waals surface area contributed by atoms with Gasteiger partial charge in [-0.25, -0.2) is 23.3 Å². The Kier molecular flexibility index (Phi) is 20.3. The zero-order valence-corrected chi connectivity index (χ0v) is 22.5. The molecule has 0 atom stereocenters. The van der Waals surface area contributed by atoms with Crippen molar-refractivity contribution in [2.24, 2.45) is 0 Å². The zero-order valence-electron chi connectivity index (χ0n) is 20.1. The Morgan fingerprint density at radius 1 is 0.636 bits per heavy atom. The number of hydrogen-bond acceptors (Lipinski definition) is 2. The molecule has 4 rings (SSSR count). The van der Waals surface area contributed by atoms with Gasteiger partial charge in [0.1, 0.15) is 0 Å². The van der Waals surface area contributed by atoms with E-state index in [4.69, 9.17) is 0 Å². The van der Waals surface area contributed by atoms with Crippen molar-refractivity contribution in [1.82, 2.24) is 0 Å². The molecular weight excluding hydrogens is 484 g/mol. The Morgan fingerprint density at radius 3 is 1.21 bits per heavy atom. The number of allylic oxidation sites excluding steroid dienone is 8. The first-order valence-corrected chi connectivity index (χ1v) is 11.6. The minimum absolute atomic E-state index is 0. The van der Waals surface area contributed by atoms with Gasteiger partial charge >= 0.3 is 26.2 Å². The van der Waals surface area contributed by atoms with Crippen molar-refractivity contribution in [2.45, 2.75) is 65.2 Å². The summed E-state index contributed by atoms with van der Waals surface area (Å²) >= 11 is 0. The molecule has 2 aliphatic rings. The molecule has 0 aromatic heterocycles. The van der Waals surface area contributed by atoms with Gasteiger partial charge in [0.15, 0.2) is 0 Å². The van der Waals surface area contributed by atoms with Crippen LogP contribution in [0.25, 0.3) is 0 Å². The average molecular weight is 520 g/mol. The quantitative estimate of drug-likeness (QED) is 0.377. The molecule has 0 radical (unpaired) electrons. The molecule has 0 amide bonds. The van der Waals surface area contributed by atoms with Crippen LogP contribution in [0.2, 0.25) is 0 Å². The number of para-hydroxylation sites is 2. The molecule has 0 unspecified atom stereocenters. The largest absolute Gasteiger partial charge is 4.00 e. The third kappa shape index (κ3) is 18.0. The fourth-order valence-corrected chi connectivity index (χ4v) is 2.82. The van der Waals surface area contributed by atoms with Crippen LogP contribution in [0.5, 0.6) is 11.5 Å². The first kappa shape index (κ1) is 30.9. The van der Waals surface area contributed by atoms with Gasteiger partial charge in [-0.2, -0.15) is 12.2 Å². The molecule has 2 nitrogen and oxygen atoms in total. The van der Waals surface area contributed by atoms with Gasteiger partial charge in [0.2, 0.25) is 0 Å². The summed E-state index contributed by atoms with van der Waals surface area (Å²) in [5, 5.41) is 20.5. The molecule has 2 aromatic carbocycles. The summed E-state index contributed by atoms with van der Waals surface area (Å²) in [6, 6.07) is 16.7. The van der Waals surface area contributed by atoms with Gasteiger partial charge < -0.3 is 10.2 Å². The molecule has 0 N–H and O–H groups in total. The third-order valence-electron chi connectivity index (χ3n) is 4.62. The van der Waals surface area contributed by atoms with E-state index in [1.165, 1.54) is 73.9 Å². The number of rotatable bonds is 6. The van der Waals surface area contributed by atoms with E-state index >= 15 is 0 Å². The molecule has 0 saturated carbocycles. The molecule has 33 heavy (non-hydrogen) atoms. The fourth-order valence-electron chi connectivity index (χ4n) is 2.82. The van der Waals surface area contributed by atoms with Crippen molar-refractivity contribution in [3.63, 3.8) is 0 Å². The second-order valence-electron chi connectivity index (χ2n) is 7.45. The van der Waals surface area contributed by atoms with E-state index in [2.05, 4.69) is 50.3 Å². The molecule has 172 valence electrons. The molecule has 3 heteroatoms. The standard InChI is InChI=1S/2C9H13.2C6H6O.Zr/c2*1-2-3-6-9-7-4-5-8-9;2*7-6-4-2-1-3-5-6;/h2*4,7H,2-3,5-6H2,1H3;2*1-5,7H;/q2*-1;;;+4/p-2. The maximum absolute atomic E-state index is 10.3. The predicted molar refractivity (Wildman–Crippen MR) is 132 cm³/mol. The van der Waals surface area contributed by atoms with Crippen LogP contribution >= 0.6 is 0 Å². The number of unbranched alkanes of at least 4 members (excludes halogenated alkanes) is 2. The Labute approximate surface area is 220 Å². The predicted octanol–water partition coefficient (Wildman–Crippen LogP) is 7.25. The van der Waals surface area contributed by atoms with E-state index in [-0.39, 0.29) is 37.7 Å². The second kappa shape index (κ2) is 21.7. The van der Waals surface area contributed by atoms with Crippen molar-refractivity contribution in [1.29, 1.82) is 0 Å². The van der Waals surface area contributed by atoms with Crippen molar-refractivity contribution in [2.75, 3.05) is 0 Å². The van der Waals surface area contributed by atoms with E-state index in [1.54, 1.807) is 24.3 Å². The van der Waals surface area contributed by atoms with Crippen LogP contribution in [0.4, 0.5) is 0 Å². The molecule has 2 aliphatic carbocycles. The average Bonchev–Trinajstić information content (AvgIpc) is 3.53. The molecule has 0 spiro atoms. The maximum atomic E-state index is 10.3. The van der Waals surface area contributed by atoms with Crippen molar-refractivity contribution in [3.8, 4) is 11.5 Å². The molecule has 0 bridgehead atoms. The Hall–Kier alpha value is -2.12. The maximum Gasteiger partial charge on any atom is 4.00 e. The number of benzene rings is 2. The van der Waals surface area contributed by atoms with Crippen molar-refractivity contribution >= 4 is 0 Å². The third-order valence-corrected chi connectivity index (χ3v) is 4.62. The van der Waals surface area contributed by atoms with Crippen LogP contribution < -0.4 is 10.2 Å². The van der Waals surface area contributed by atoms with E-state index < -0.39 is 0 Å². The minimum atomic E-state index is 0. The van der Waals surface area contributed by atoms with Gasteiger partial charge in [-0.1, -0.05) is 113 Å². The summed E-state index contributed by atoms with van der Waals surface area (Å²) in [5.41, 5.74) is 2.83. The second-order valence-corrected chi connectivity index (χ2v) is 7.45. The topological polar surface area (TPSA) is 46.1 Å². The molecule has 0 heterocycles. The van der Waals surface area contributed by atoms with Gasteiger partial charge in [0.25, 0.3) is 0 Å². The Morgan fingerprint density at radius 2 is 1.00 bits per heavy atom. The van der Waals surface area contributed by atoms with E-state index in [0.717, 1.165) is 12.8 Å². The van der Waals surface area contributed by atoms with E-state index in [9.17, 15) is 10.2 Å². The smallest absolute Gasteiger partial charge is 0.872 e. The fraction of sp³-hybridized carbons (Fsp3) is 0.333. The minimum Gasteiger partial charge on any atom is -0.872 e. The first-order chi connectivity index (χ1) is 15.7. The van der Waals surface area contributed by atoms with Crippen LogP contribution in [0, 0.1) is 12.2 Å². The molecule has 0 fully saturated rings. The SMILES string of the molecule is CCCCC1=[C-]CC=C1.CCCCC1=[C-]CC=C1.[O-]c1ccccc1.[O-]c1ccccc1.[Zr+4]. The van der Waals surface area contributed by atoms with Gasteiger partial charge in [-0.3, -0.25) is 12.2 Å². The van der Waals surface area contributed by atoms with Crippen LogP contribution in [0.1, 0.15) is 65.2 Å². The van der Waals surface area contributed by atoms with Gasteiger partial charge in [-0.15, -0.1) is 24.3 Å². The van der Waals surface area contributed by atoms with Crippen LogP contribution in [0.15, 0.2) is 96.1 Å². The summed E-state index contributed by atoms with van der Waals surface area (Å²) in [5.74, 6) is 0.144. The normalized spacial score (nSPS) is 12.5. The van der Waals surface area contributed by atoms with Crippen molar-refractivity contribution in [3.05, 3.63) is 108 Å². The van der Waals surface area contributed by atoms with Crippen LogP contribution in [-0.4, -0.2) is 0 Å². The summed E-state index contributed by atoms with van der Waals surface area (Å²) in [4.78, 5) is 0. The molecular formula is C30H36O2Zr. The van der Waals surface area contributed by atoms with Crippen molar-refractivity contribution < 1.29 is 36.4 Å².